The molecule has 7 heteroatoms. The molecule has 1 amide bonds. The number of nitrogens with one attached hydrogen (secondary N) is 1. The van der Waals surface area contributed by atoms with Gasteiger partial charge in [-0.1, -0.05) is 6.92 Å². The SMILES string of the molecule is CC1(CNC(=O)OC(C)(C)C)CCN(c2nc(Br)cs2)C1. The van der Waals surface area contributed by atoms with Gasteiger partial charge in [-0.15, -0.1) is 11.3 Å². The maximum Gasteiger partial charge on any atom is 0.407 e. The lowest BCUT2D eigenvalue weighted by Crippen LogP contribution is -2.40. The van der Waals surface area contributed by atoms with E-state index in [1.165, 1.54) is 0 Å². The third kappa shape index (κ3) is 4.85. The summed E-state index contributed by atoms with van der Waals surface area (Å²) in [5, 5.41) is 5.91. The molecule has 0 saturated carbocycles. The zero-order chi connectivity index (χ0) is 15.7. The molecular formula is C14H22BrN3O2S. The molecule has 21 heavy (non-hydrogen) atoms. The van der Waals surface area contributed by atoms with Crippen LogP contribution in [0.3, 0.4) is 0 Å². The van der Waals surface area contributed by atoms with E-state index in [1.807, 2.05) is 26.2 Å². The molecule has 1 aliphatic rings. The van der Waals surface area contributed by atoms with Gasteiger partial charge in [0.25, 0.3) is 0 Å². The van der Waals surface area contributed by atoms with Gasteiger partial charge in [-0.05, 0) is 43.1 Å². The summed E-state index contributed by atoms with van der Waals surface area (Å²) in [4.78, 5) is 18.5. The predicted octanol–water partition coefficient (Wildman–Crippen LogP) is 3.65. The van der Waals surface area contributed by atoms with Crippen molar-refractivity contribution in [2.75, 3.05) is 24.5 Å². The Balaban J connectivity index is 1.85. The summed E-state index contributed by atoms with van der Waals surface area (Å²) >= 11 is 5.02. The van der Waals surface area contributed by atoms with Crippen molar-refractivity contribution in [3.05, 3.63) is 9.98 Å². The van der Waals surface area contributed by atoms with Gasteiger partial charge in [0.15, 0.2) is 5.13 Å². The average Bonchev–Trinajstić information content (AvgIpc) is 2.92. The highest BCUT2D eigenvalue weighted by Crippen LogP contribution is 2.34. The van der Waals surface area contributed by atoms with Gasteiger partial charge in [0.1, 0.15) is 10.2 Å². The van der Waals surface area contributed by atoms with Gasteiger partial charge in [-0.25, -0.2) is 9.78 Å². The van der Waals surface area contributed by atoms with Gasteiger partial charge in [-0.2, -0.15) is 0 Å². The van der Waals surface area contributed by atoms with E-state index < -0.39 is 5.60 Å². The molecule has 2 heterocycles. The van der Waals surface area contributed by atoms with Gasteiger partial charge in [0, 0.05) is 30.4 Å². The van der Waals surface area contributed by atoms with Crippen LogP contribution >= 0.6 is 27.3 Å². The summed E-state index contributed by atoms with van der Waals surface area (Å²) < 4.78 is 6.15. The number of alkyl carbamates (subject to hydrolysis) is 1. The number of hydrogen-bond acceptors (Lipinski definition) is 5. The normalized spacial score (nSPS) is 22.4. The van der Waals surface area contributed by atoms with Gasteiger partial charge in [0.05, 0.1) is 0 Å². The van der Waals surface area contributed by atoms with Gasteiger partial charge in [0.2, 0.25) is 0 Å². The summed E-state index contributed by atoms with van der Waals surface area (Å²) in [6.45, 7) is 10.3. The van der Waals surface area contributed by atoms with E-state index in [4.69, 9.17) is 4.74 Å². The second-order valence-corrected chi connectivity index (χ2v) is 8.44. The van der Waals surface area contributed by atoms with Crippen LogP contribution in [-0.2, 0) is 4.74 Å². The fraction of sp³-hybridized carbons (Fsp3) is 0.714. The minimum absolute atomic E-state index is 0.0506. The summed E-state index contributed by atoms with van der Waals surface area (Å²) in [6, 6.07) is 0. The van der Waals surface area contributed by atoms with Crippen LogP contribution in [0.25, 0.3) is 0 Å². The van der Waals surface area contributed by atoms with Crippen molar-refractivity contribution < 1.29 is 9.53 Å². The number of amides is 1. The van der Waals surface area contributed by atoms with E-state index in [9.17, 15) is 4.79 Å². The van der Waals surface area contributed by atoms with Crippen LogP contribution in [0.4, 0.5) is 9.93 Å². The molecule has 0 spiro atoms. The second-order valence-electron chi connectivity index (χ2n) is 6.79. The third-order valence-corrected chi connectivity index (χ3v) is 4.96. The number of ether oxygens (including phenoxy) is 1. The first-order valence-electron chi connectivity index (χ1n) is 7.00. The number of nitrogens with zero attached hydrogens (tertiary/aromatic N) is 2. The lowest BCUT2D eigenvalue weighted by Gasteiger charge is -2.26. The molecule has 1 fully saturated rings. The van der Waals surface area contributed by atoms with E-state index in [0.717, 1.165) is 29.2 Å². The smallest absolute Gasteiger partial charge is 0.407 e. The zero-order valence-corrected chi connectivity index (χ0v) is 15.3. The Morgan fingerprint density at radius 2 is 2.33 bits per heavy atom. The zero-order valence-electron chi connectivity index (χ0n) is 12.9. The fourth-order valence-electron chi connectivity index (χ4n) is 2.32. The Labute approximate surface area is 138 Å². The maximum atomic E-state index is 11.7. The summed E-state index contributed by atoms with van der Waals surface area (Å²) in [7, 11) is 0. The van der Waals surface area contributed by atoms with Crippen molar-refractivity contribution in [1.29, 1.82) is 0 Å². The first-order valence-corrected chi connectivity index (χ1v) is 8.67. The number of carbonyl (C=O) groups is 1. The molecule has 1 aromatic heterocycles. The van der Waals surface area contributed by atoms with Gasteiger partial charge >= 0.3 is 6.09 Å². The molecule has 0 aliphatic carbocycles. The second kappa shape index (κ2) is 6.12. The van der Waals surface area contributed by atoms with E-state index in [1.54, 1.807) is 11.3 Å². The number of anilines is 1. The highest BCUT2D eigenvalue weighted by atomic mass is 79.9. The molecule has 1 N–H and O–H groups in total. The predicted molar refractivity (Wildman–Crippen MR) is 89.0 cm³/mol. The Morgan fingerprint density at radius 3 is 2.90 bits per heavy atom. The average molecular weight is 376 g/mol. The number of hydrogen-bond donors (Lipinski definition) is 1. The van der Waals surface area contributed by atoms with E-state index >= 15 is 0 Å². The van der Waals surface area contributed by atoms with Crippen molar-refractivity contribution in [2.24, 2.45) is 5.41 Å². The largest absolute Gasteiger partial charge is 0.444 e. The third-order valence-electron chi connectivity index (χ3n) is 3.35. The molecule has 0 aromatic carbocycles. The molecule has 2 rings (SSSR count). The van der Waals surface area contributed by atoms with Crippen LogP contribution in [0.2, 0.25) is 0 Å². The van der Waals surface area contributed by atoms with Crippen LogP contribution in [-0.4, -0.2) is 36.3 Å². The lowest BCUT2D eigenvalue weighted by atomic mass is 9.90. The molecule has 1 aliphatic heterocycles. The fourth-order valence-corrected chi connectivity index (χ4v) is 3.60. The Kier molecular flexibility index (Phi) is 4.82. The van der Waals surface area contributed by atoms with Crippen molar-refractivity contribution in [3.63, 3.8) is 0 Å². The molecule has 1 saturated heterocycles. The molecular weight excluding hydrogens is 354 g/mol. The monoisotopic (exact) mass is 375 g/mol. The molecule has 1 atom stereocenters. The van der Waals surface area contributed by atoms with Gasteiger partial charge in [-0.3, -0.25) is 0 Å². The van der Waals surface area contributed by atoms with Crippen LogP contribution < -0.4 is 10.2 Å². The number of thiazole rings is 1. The van der Waals surface area contributed by atoms with Crippen LogP contribution in [0.5, 0.6) is 0 Å². The lowest BCUT2D eigenvalue weighted by molar-refractivity contribution is 0.0507. The van der Waals surface area contributed by atoms with E-state index in [-0.39, 0.29) is 11.5 Å². The molecule has 0 bridgehead atoms. The van der Waals surface area contributed by atoms with Gasteiger partial charge < -0.3 is 15.0 Å². The highest BCUT2D eigenvalue weighted by molar-refractivity contribution is 9.10. The minimum atomic E-state index is -0.458. The molecule has 1 unspecified atom stereocenters. The summed E-state index contributed by atoms with van der Waals surface area (Å²) in [5.41, 5.74) is -0.408. The quantitative estimate of drug-likeness (QED) is 0.875. The summed E-state index contributed by atoms with van der Waals surface area (Å²) in [5.74, 6) is 0. The minimum Gasteiger partial charge on any atom is -0.444 e. The number of aromatic nitrogens is 1. The first-order chi connectivity index (χ1) is 9.67. The van der Waals surface area contributed by atoms with Crippen molar-refractivity contribution in [2.45, 2.75) is 39.7 Å². The first kappa shape index (κ1) is 16.5. The number of rotatable bonds is 3. The summed E-state index contributed by atoms with van der Waals surface area (Å²) in [6.07, 6.45) is 0.680. The van der Waals surface area contributed by atoms with Crippen molar-refractivity contribution >= 4 is 38.5 Å². The highest BCUT2D eigenvalue weighted by Gasteiger charge is 2.35. The molecule has 0 radical (unpaired) electrons. The Bertz CT molecular complexity index is 515. The van der Waals surface area contributed by atoms with Crippen molar-refractivity contribution in [1.82, 2.24) is 10.3 Å². The van der Waals surface area contributed by atoms with Crippen LogP contribution in [0.1, 0.15) is 34.1 Å². The standard InChI is InChI=1S/C14H22BrN3O2S/c1-13(2,3)20-12(19)16-8-14(4)5-6-18(9-14)11-17-10(15)7-21-11/h7H,5-6,8-9H2,1-4H3,(H,16,19). The number of halogens is 1. The molecule has 5 nitrogen and oxygen atoms in total. The van der Waals surface area contributed by atoms with Crippen molar-refractivity contribution in [3.8, 4) is 0 Å². The van der Waals surface area contributed by atoms with E-state index in [0.29, 0.717) is 6.54 Å². The molecule has 118 valence electrons. The Hall–Kier alpha value is -0.820. The Morgan fingerprint density at radius 1 is 1.62 bits per heavy atom. The van der Waals surface area contributed by atoms with E-state index in [2.05, 4.69) is 38.1 Å². The molecule has 1 aromatic rings. The number of carbonyl (C=O) groups excluding carboxylic acids is 1. The topological polar surface area (TPSA) is 54.5 Å². The maximum absolute atomic E-state index is 11.7. The van der Waals surface area contributed by atoms with Crippen LogP contribution in [0, 0.1) is 5.41 Å². The van der Waals surface area contributed by atoms with Crippen LogP contribution in [0.15, 0.2) is 9.98 Å².